The van der Waals surface area contributed by atoms with E-state index in [1.165, 1.54) is 0 Å². The molecule has 1 spiro atoms. The normalized spacial score (nSPS) is 21.4. The number of piperidine rings is 1. The Labute approximate surface area is 179 Å². The maximum absolute atomic E-state index is 13.2. The lowest BCUT2D eigenvalue weighted by molar-refractivity contribution is -0.138. The average molecular weight is 423 g/mol. The van der Waals surface area contributed by atoms with E-state index in [4.69, 9.17) is 4.74 Å². The van der Waals surface area contributed by atoms with Gasteiger partial charge in [-0.05, 0) is 61.8 Å². The number of likely N-dealkylation sites (tertiary alicyclic amines) is 2. The van der Waals surface area contributed by atoms with Crippen molar-refractivity contribution in [1.29, 1.82) is 0 Å². The molecule has 2 fully saturated rings. The first-order chi connectivity index (χ1) is 15.1. The summed E-state index contributed by atoms with van der Waals surface area (Å²) in [7, 11) is 0. The molecule has 0 atom stereocenters. The summed E-state index contributed by atoms with van der Waals surface area (Å²) in [6.45, 7) is 5.36. The van der Waals surface area contributed by atoms with Crippen molar-refractivity contribution in [1.82, 2.24) is 35.0 Å². The van der Waals surface area contributed by atoms with E-state index < -0.39 is 0 Å². The minimum absolute atomic E-state index is 0.166. The molecule has 10 nitrogen and oxygen atoms in total. The standard InChI is InChI=1S/C21H25N7O3/c1-15-18(13-31-19(15)29)27-11-7-21(20(27)30)5-9-26(10-6-21)8-4-16-2-3-17(12-22-16)28-14-23-24-25-28/h2-3,12,14H,4-11,13H2,1H3. The van der Waals surface area contributed by atoms with Crippen LogP contribution in [0.15, 0.2) is 35.9 Å². The Morgan fingerprint density at radius 3 is 2.58 bits per heavy atom. The van der Waals surface area contributed by atoms with Gasteiger partial charge >= 0.3 is 5.97 Å². The molecule has 162 valence electrons. The second-order valence-corrected chi connectivity index (χ2v) is 8.49. The summed E-state index contributed by atoms with van der Waals surface area (Å²) in [5.74, 6) is -0.141. The number of cyclic esters (lactones) is 1. The topological polar surface area (TPSA) is 106 Å². The molecule has 2 saturated heterocycles. The van der Waals surface area contributed by atoms with Crippen molar-refractivity contribution in [3.63, 3.8) is 0 Å². The van der Waals surface area contributed by atoms with Crippen LogP contribution >= 0.6 is 0 Å². The Balaban J connectivity index is 1.15. The number of aromatic nitrogens is 5. The Kier molecular flexibility index (Phi) is 5.01. The van der Waals surface area contributed by atoms with Gasteiger partial charge in [-0.25, -0.2) is 4.79 Å². The number of hydrogen-bond donors (Lipinski definition) is 0. The van der Waals surface area contributed by atoms with Crippen molar-refractivity contribution in [2.75, 3.05) is 32.8 Å². The van der Waals surface area contributed by atoms with Gasteiger partial charge < -0.3 is 14.5 Å². The van der Waals surface area contributed by atoms with E-state index in [-0.39, 0.29) is 23.9 Å². The third-order valence-corrected chi connectivity index (χ3v) is 6.84. The van der Waals surface area contributed by atoms with Crippen molar-refractivity contribution in [2.45, 2.75) is 32.6 Å². The lowest BCUT2D eigenvalue weighted by Gasteiger charge is -2.38. The number of nitrogens with zero attached hydrogens (tertiary/aromatic N) is 7. The number of amides is 1. The number of carbonyl (C=O) groups excluding carboxylic acids is 2. The minimum atomic E-state index is -0.307. The van der Waals surface area contributed by atoms with E-state index in [2.05, 4.69) is 25.4 Å². The summed E-state index contributed by atoms with van der Waals surface area (Å²) in [5.41, 5.74) is 2.89. The van der Waals surface area contributed by atoms with Gasteiger partial charge in [-0.1, -0.05) is 0 Å². The summed E-state index contributed by atoms with van der Waals surface area (Å²) in [4.78, 5) is 33.6. The van der Waals surface area contributed by atoms with Crippen LogP contribution in [0, 0.1) is 5.41 Å². The zero-order valence-corrected chi connectivity index (χ0v) is 17.5. The zero-order valence-electron chi connectivity index (χ0n) is 17.5. The molecular formula is C21H25N7O3. The lowest BCUT2D eigenvalue weighted by atomic mass is 9.77. The smallest absolute Gasteiger partial charge is 0.336 e. The Hall–Kier alpha value is -3.14. The summed E-state index contributed by atoms with van der Waals surface area (Å²) in [6, 6.07) is 3.96. The largest absolute Gasteiger partial charge is 0.456 e. The molecule has 2 aromatic heterocycles. The van der Waals surface area contributed by atoms with Gasteiger partial charge in [0.1, 0.15) is 12.9 Å². The van der Waals surface area contributed by atoms with E-state index >= 15 is 0 Å². The van der Waals surface area contributed by atoms with Gasteiger partial charge in [-0.3, -0.25) is 9.78 Å². The van der Waals surface area contributed by atoms with Gasteiger partial charge in [0.2, 0.25) is 5.91 Å². The fraction of sp³-hybridized carbons (Fsp3) is 0.524. The Morgan fingerprint density at radius 2 is 1.94 bits per heavy atom. The first-order valence-corrected chi connectivity index (χ1v) is 10.7. The molecule has 0 aliphatic carbocycles. The van der Waals surface area contributed by atoms with E-state index in [0.29, 0.717) is 12.1 Å². The predicted octanol–water partition coefficient (Wildman–Crippen LogP) is 0.745. The Bertz CT molecular complexity index is 1010. The van der Waals surface area contributed by atoms with E-state index in [1.54, 1.807) is 29.0 Å². The highest BCUT2D eigenvalue weighted by Crippen LogP contribution is 2.43. The van der Waals surface area contributed by atoms with Crippen LogP contribution in [0.3, 0.4) is 0 Å². The molecule has 0 aromatic carbocycles. The van der Waals surface area contributed by atoms with E-state index in [1.807, 2.05) is 12.1 Å². The molecular weight excluding hydrogens is 398 g/mol. The van der Waals surface area contributed by atoms with Crippen molar-refractivity contribution in [3.8, 4) is 5.69 Å². The molecule has 31 heavy (non-hydrogen) atoms. The van der Waals surface area contributed by atoms with Crippen LogP contribution in [0.4, 0.5) is 0 Å². The summed E-state index contributed by atoms with van der Waals surface area (Å²) in [6.07, 6.45) is 6.74. The van der Waals surface area contributed by atoms with Crippen LogP contribution < -0.4 is 0 Å². The summed E-state index contributed by atoms with van der Waals surface area (Å²) < 4.78 is 6.68. The lowest BCUT2D eigenvalue weighted by Crippen LogP contribution is -2.45. The first kappa shape index (κ1) is 19.8. The number of ether oxygens (including phenoxy) is 1. The molecule has 0 bridgehead atoms. The fourth-order valence-electron chi connectivity index (χ4n) is 4.75. The average Bonchev–Trinajstić information content (AvgIpc) is 3.51. The van der Waals surface area contributed by atoms with Crippen LogP contribution in [-0.4, -0.2) is 79.7 Å². The van der Waals surface area contributed by atoms with Gasteiger partial charge in [0.15, 0.2) is 0 Å². The maximum Gasteiger partial charge on any atom is 0.336 e. The highest BCUT2D eigenvalue weighted by molar-refractivity contribution is 5.94. The zero-order chi connectivity index (χ0) is 21.4. The predicted molar refractivity (Wildman–Crippen MR) is 109 cm³/mol. The van der Waals surface area contributed by atoms with E-state index in [9.17, 15) is 9.59 Å². The molecule has 3 aliphatic heterocycles. The highest BCUT2D eigenvalue weighted by atomic mass is 16.5. The Morgan fingerprint density at radius 1 is 1.13 bits per heavy atom. The summed E-state index contributed by atoms with van der Waals surface area (Å²) in [5, 5.41) is 11.1. The molecule has 1 amide bonds. The highest BCUT2D eigenvalue weighted by Gasteiger charge is 2.49. The molecule has 0 N–H and O–H groups in total. The van der Waals surface area contributed by atoms with Gasteiger partial charge in [-0.2, -0.15) is 4.68 Å². The number of tetrazole rings is 1. The van der Waals surface area contributed by atoms with Gasteiger partial charge in [-0.15, -0.1) is 5.10 Å². The molecule has 5 rings (SSSR count). The number of rotatable bonds is 5. The molecule has 2 aromatic rings. The maximum atomic E-state index is 13.2. The SMILES string of the molecule is CC1=C(N2CCC3(CCN(CCc4ccc(-n5cnnn5)cn4)CC3)C2=O)COC1=O. The number of hydrogen-bond acceptors (Lipinski definition) is 8. The molecule has 10 heteroatoms. The van der Waals surface area contributed by atoms with Crippen LogP contribution in [0.1, 0.15) is 31.9 Å². The van der Waals surface area contributed by atoms with E-state index in [0.717, 1.165) is 62.4 Å². The van der Waals surface area contributed by atoms with Crippen molar-refractivity contribution in [3.05, 3.63) is 41.6 Å². The van der Waals surface area contributed by atoms with Crippen LogP contribution in [0.2, 0.25) is 0 Å². The molecule has 3 aliphatic rings. The quantitative estimate of drug-likeness (QED) is 0.649. The molecule has 5 heterocycles. The molecule has 0 radical (unpaired) electrons. The molecule has 0 saturated carbocycles. The van der Waals surface area contributed by atoms with Gasteiger partial charge in [0, 0.05) is 25.2 Å². The first-order valence-electron chi connectivity index (χ1n) is 10.7. The molecule has 0 unspecified atom stereocenters. The van der Waals surface area contributed by atoms with Crippen LogP contribution in [0.25, 0.3) is 5.69 Å². The second kappa shape index (κ2) is 7.84. The third-order valence-electron chi connectivity index (χ3n) is 6.84. The fourth-order valence-corrected chi connectivity index (χ4v) is 4.75. The summed E-state index contributed by atoms with van der Waals surface area (Å²) >= 11 is 0. The van der Waals surface area contributed by atoms with Crippen molar-refractivity contribution in [2.24, 2.45) is 5.41 Å². The third kappa shape index (κ3) is 3.60. The number of esters is 1. The monoisotopic (exact) mass is 423 g/mol. The van der Waals surface area contributed by atoms with Crippen molar-refractivity contribution >= 4 is 11.9 Å². The minimum Gasteiger partial charge on any atom is -0.456 e. The van der Waals surface area contributed by atoms with Crippen LogP contribution in [0.5, 0.6) is 0 Å². The van der Waals surface area contributed by atoms with Gasteiger partial charge in [0.25, 0.3) is 0 Å². The van der Waals surface area contributed by atoms with Gasteiger partial charge in [0.05, 0.1) is 28.6 Å². The van der Waals surface area contributed by atoms with Crippen LogP contribution in [-0.2, 0) is 20.7 Å². The number of carbonyl (C=O) groups is 2. The number of pyridine rings is 1. The van der Waals surface area contributed by atoms with Crippen molar-refractivity contribution < 1.29 is 14.3 Å². The second-order valence-electron chi connectivity index (χ2n) is 8.49.